The number of hydrogen-bond donors (Lipinski definition) is 0. The predicted molar refractivity (Wildman–Crippen MR) is 69.1 cm³/mol. The lowest BCUT2D eigenvalue weighted by molar-refractivity contribution is -0.139. The molecule has 3 nitrogen and oxygen atoms in total. The van der Waals surface area contributed by atoms with E-state index in [0.29, 0.717) is 20.7 Å². The van der Waals surface area contributed by atoms with Crippen molar-refractivity contribution in [3.05, 3.63) is 27.8 Å². The van der Waals surface area contributed by atoms with Crippen LogP contribution < -0.4 is 4.74 Å². The first kappa shape index (κ1) is 13.1. The third-order valence-electron chi connectivity index (χ3n) is 2.56. The first-order valence-electron chi connectivity index (χ1n) is 5.07. The predicted octanol–water partition coefficient (Wildman–Crippen LogP) is 3.42. The third-order valence-corrected chi connectivity index (χ3v) is 3.88. The van der Waals surface area contributed by atoms with E-state index in [1.54, 1.807) is 5.38 Å². The van der Waals surface area contributed by atoms with Gasteiger partial charge in [0.25, 0.3) is 0 Å². The average Bonchev–Trinajstić information content (AvgIpc) is 2.78. The zero-order valence-corrected chi connectivity index (χ0v) is 11.3. The molecule has 0 aliphatic carbocycles. The molecule has 0 saturated carbocycles. The van der Waals surface area contributed by atoms with Crippen molar-refractivity contribution in [2.24, 2.45) is 0 Å². The number of methoxy groups -OCH3 is 2. The molecule has 0 amide bonds. The second kappa shape index (κ2) is 5.12. The molecular weight excluding hydrogens is 279 g/mol. The summed E-state index contributed by atoms with van der Waals surface area (Å²) in [6.45, 7) is 0. The van der Waals surface area contributed by atoms with Crippen LogP contribution >= 0.6 is 22.9 Å². The highest BCUT2D eigenvalue weighted by Crippen LogP contribution is 2.38. The van der Waals surface area contributed by atoms with Crippen LogP contribution in [0.3, 0.4) is 0 Å². The molecular formula is C12H10ClFO3S. The van der Waals surface area contributed by atoms with Crippen molar-refractivity contribution >= 4 is 39.0 Å². The van der Waals surface area contributed by atoms with Crippen molar-refractivity contribution < 1.29 is 18.7 Å². The van der Waals surface area contributed by atoms with Gasteiger partial charge in [-0.05, 0) is 10.9 Å². The lowest BCUT2D eigenvalue weighted by Crippen LogP contribution is -2.03. The van der Waals surface area contributed by atoms with E-state index in [4.69, 9.17) is 16.3 Å². The van der Waals surface area contributed by atoms with Crippen LogP contribution in [-0.2, 0) is 16.0 Å². The minimum atomic E-state index is -0.460. The molecule has 96 valence electrons. The Kier molecular flexibility index (Phi) is 3.73. The third kappa shape index (κ3) is 2.15. The Morgan fingerprint density at radius 3 is 2.83 bits per heavy atom. The fraction of sp³-hybridized carbons (Fsp3) is 0.250. The molecule has 0 fully saturated rings. The second-order valence-corrected chi connectivity index (χ2v) is 4.88. The number of esters is 1. The van der Waals surface area contributed by atoms with E-state index >= 15 is 0 Å². The second-order valence-electron chi connectivity index (χ2n) is 3.59. The van der Waals surface area contributed by atoms with Crippen molar-refractivity contribution in [2.75, 3.05) is 14.2 Å². The first-order chi connectivity index (χ1) is 8.58. The normalized spacial score (nSPS) is 10.7. The highest BCUT2D eigenvalue weighted by atomic mass is 35.5. The van der Waals surface area contributed by atoms with Gasteiger partial charge in [0.1, 0.15) is 0 Å². The van der Waals surface area contributed by atoms with Crippen LogP contribution in [0.4, 0.5) is 4.39 Å². The largest absolute Gasteiger partial charge is 0.494 e. The lowest BCUT2D eigenvalue weighted by Gasteiger charge is -2.05. The molecule has 0 atom stereocenters. The average molecular weight is 289 g/mol. The quantitative estimate of drug-likeness (QED) is 0.812. The van der Waals surface area contributed by atoms with Crippen LogP contribution in [0.15, 0.2) is 11.4 Å². The molecule has 1 aromatic carbocycles. The molecule has 0 aliphatic rings. The molecule has 2 rings (SSSR count). The summed E-state index contributed by atoms with van der Waals surface area (Å²) >= 11 is 7.28. The molecule has 0 unspecified atom stereocenters. The fourth-order valence-electron chi connectivity index (χ4n) is 1.69. The van der Waals surface area contributed by atoms with Gasteiger partial charge in [0.15, 0.2) is 11.6 Å². The Balaban J connectivity index is 2.59. The van der Waals surface area contributed by atoms with E-state index in [1.807, 2.05) is 0 Å². The number of ether oxygens (including phenoxy) is 2. The molecule has 0 radical (unpaired) electrons. The molecule has 1 heterocycles. The summed E-state index contributed by atoms with van der Waals surface area (Å²) in [6, 6.07) is 1.41. The molecule has 0 aliphatic heterocycles. The van der Waals surface area contributed by atoms with Crippen molar-refractivity contribution in [1.82, 2.24) is 0 Å². The summed E-state index contributed by atoms with van der Waals surface area (Å²) in [5.74, 6) is -0.751. The number of hydrogen-bond acceptors (Lipinski definition) is 4. The highest BCUT2D eigenvalue weighted by Gasteiger charge is 2.18. The molecule has 6 heteroatoms. The molecule has 1 aromatic heterocycles. The number of benzene rings is 1. The fourth-order valence-corrected chi connectivity index (χ4v) is 3.08. The summed E-state index contributed by atoms with van der Waals surface area (Å²) < 4.78 is 23.9. The van der Waals surface area contributed by atoms with Crippen LogP contribution in [0, 0.1) is 5.82 Å². The van der Waals surface area contributed by atoms with Crippen LogP contribution in [0.25, 0.3) is 10.1 Å². The maximum absolute atomic E-state index is 14.0. The van der Waals surface area contributed by atoms with Gasteiger partial charge in [-0.2, -0.15) is 0 Å². The monoisotopic (exact) mass is 288 g/mol. The van der Waals surface area contributed by atoms with E-state index in [0.717, 1.165) is 0 Å². The molecule has 2 aromatic rings. The van der Waals surface area contributed by atoms with Gasteiger partial charge < -0.3 is 9.47 Å². The van der Waals surface area contributed by atoms with Gasteiger partial charge in [-0.15, -0.1) is 11.3 Å². The van der Waals surface area contributed by atoms with Gasteiger partial charge in [0.05, 0.1) is 30.4 Å². The summed E-state index contributed by atoms with van der Waals surface area (Å²) in [5.41, 5.74) is 0.661. The SMILES string of the molecule is COC(=O)Cc1csc2c(F)c(OC)cc(Cl)c12. The van der Waals surface area contributed by atoms with Gasteiger partial charge in [-0.3, -0.25) is 4.79 Å². The Morgan fingerprint density at radius 2 is 2.22 bits per heavy atom. The van der Waals surface area contributed by atoms with Crippen molar-refractivity contribution in [3.8, 4) is 5.75 Å². The van der Waals surface area contributed by atoms with E-state index in [2.05, 4.69) is 4.74 Å². The van der Waals surface area contributed by atoms with Crippen LogP contribution in [0.1, 0.15) is 5.56 Å². The number of halogens is 2. The Hall–Kier alpha value is -1.33. The Morgan fingerprint density at radius 1 is 1.50 bits per heavy atom. The Labute approximate surface area is 112 Å². The number of fused-ring (bicyclic) bond motifs is 1. The first-order valence-corrected chi connectivity index (χ1v) is 6.33. The summed E-state index contributed by atoms with van der Waals surface area (Å²) in [5, 5.41) is 2.62. The maximum atomic E-state index is 14.0. The highest BCUT2D eigenvalue weighted by molar-refractivity contribution is 7.17. The van der Waals surface area contributed by atoms with E-state index in [1.165, 1.54) is 31.6 Å². The van der Waals surface area contributed by atoms with Crippen LogP contribution in [-0.4, -0.2) is 20.2 Å². The maximum Gasteiger partial charge on any atom is 0.310 e. The minimum Gasteiger partial charge on any atom is -0.494 e. The van der Waals surface area contributed by atoms with Gasteiger partial charge in [-0.25, -0.2) is 4.39 Å². The van der Waals surface area contributed by atoms with Gasteiger partial charge >= 0.3 is 5.97 Å². The summed E-state index contributed by atoms with van der Waals surface area (Å²) in [4.78, 5) is 11.3. The van der Waals surface area contributed by atoms with Gasteiger partial charge in [0.2, 0.25) is 0 Å². The molecule has 0 saturated heterocycles. The Bertz CT molecular complexity index is 609. The van der Waals surface area contributed by atoms with Gasteiger partial charge in [-0.1, -0.05) is 11.6 Å². The van der Waals surface area contributed by atoms with Crippen molar-refractivity contribution in [3.63, 3.8) is 0 Å². The summed E-state index contributed by atoms with van der Waals surface area (Å²) in [6.07, 6.45) is 0.0714. The number of carbonyl (C=O) groups excluding carboxylic acids is 1. The van der Waals surface area contributed by atoms with Crippen molar-refractivity contribution in [1.29, 1.82) is 0 Å². The van der Waals surface area contributed by atoms with Crippen molar-refractivity contribution in [2.45, 2.75) is 6.42 Å². The topological polar surface area (TPSA) is 35.5 Å². The zero-order chi connectivity index (χ0) is 13.3. The van der Waals surface area contributed by atoms with Crippen LogP contribution in [0.2, 0.25) is 5.02 Å². The van der Waals surface area contributed by atoms with E-state index in [-0.39, 0.29) is 18.1 Å². The molecule has 0 bridgehead atoms. The van der Waals surface area contributed by atoms with E-state index < -0.39 is 5.82 Å². The van der Waals surface area contributed by atoms with E-state index in [9.17, 15) is 9.18 Å². The van der Waals surface area contributed by atoms with Gasteiger partial charge in [0, 0.05) is 11.5 Å². The number of carbonyl (C=O) groups is 1. The molecule has 0 spiro atoms. The molecule has 0 N–H and O–H groups in total. The standard InChI is InChI=1S/C12H10ClFO3S/c1-16-8-4-7(13)10-6(3-9(15)17-2)5-18-12(10)11(8)14/h4-5H,3H2,1-2H3. The molecule has 18 heavy (non-hydrogen) atoms. The minimum absolute atomic E-state index is 0.0714. The summed E-state index contributed by atoms with van der Waals surface area (Å²) in [7, 11) is 2.69. The smallest absolute Gasteiger partial charge is 0.310 e. The lowest BCUT2D eigenvalue weighted by atomic mass is 10.1. The zero-order valence-electron chi connectivity index (χ0n) is 9.75. The number of thiophene rings is 1. The van der Waals surface area contributed by atoms with Crippen LogP contribution in [0.5, 0.6) is 5.75 Å². The number of rotatable bonds is 3.